The smallest absolute Gasteiger partial charge is 0.150 e. The molecule has 1 rings (SSSR count). The maximum Gasteiger partial charge on any atom is 0.232 e. The number of benzene rings is 1. The van der Waals surface area contributed by atoms with Gasteiger partial charge in [-0.1, -0.05) is 29.6 Å². The largest absolute Gasteiger partial charge is 0.232 e. The highest BCUT2D eigenvalue weighted by molar-refractivity contribution is 7.32. The highest BCUT2D eigenvalue weighted by Crippen LogP contribution is 2.14. The average Bonchev–Trinajstić information content (AvgIpc) is 2.21. The topological polar surface area (TPSA) is 0 Å². The molecular formula is C12H15ClSi. The summed E-state index contributed by atoms with van der Waals surface area (Å²) < 4.78 is 0. The van der Waals surface area contributed by atoms with Crippen LogP contribution in [0.25, 0.3) is 0 Å². The highest BCUT2D eigenvalue weighted by Gasteiger charge is 2.25. The molecule has 0 N–H and O–H groups in total. The van der Waals surface area contributed by atoms with E-state index < -0.39 is 7.38 Å². The first-order valence-electron chi connectivity index (χ1n) is 4.57. The zero-order chi connectivity index (χ0) is 10.8. The summed E-state index contributed by atoms with van der Waals surface area (Å²) in [6.45, 7) is 11.8. The lowest BCUT2D eigenvalue weighted by molar-refractivity contribution is 1.35. The fourth-order valence-electron chi connectivity index (χ4n) is 1.30. The molecule has 0 unspecified atom stereocenters. The summed E-state index contributed by atoms with van der Waals surface area (Å²) in [6.07, 6.45) is 0. The molecule has 0 saturated heterocycles. The molecule has 0 aliphatic rings. The van der Waals surface area contributed by atoms with Crippen molar-refractivity contribution in [1.29, 1.82) is 0 Å². The van der Waals surface area contributed by atoms with Crippen molar-refractivity contribution in [2.45, 2.75) is 13.8 Å². The van der Waals surface area contributed by atoms with E-state index in [1.54, 1.807) is 0 Å². The van der Waals surface area contributed by atoms with Gasteiger partial charge in [0.2, 0.25) is 7.38 Å². The van der Waals surface area contributed by atoms with Gasteiger partial charge in [0.05, 0.1) is 0 Å². The second-order valence-corrected chi connectivity index (χ2v) is 8.28. The molecule has 14 heavy (non-hydrogen) atoms. The Morgan fingerprint density at radius 2 is 1.71 bits per heavy atom. The van der Waals surface area contributed by atoms with Gasteiger partial charge in [0.1, 0.15) is 0 Å². The minimum Gasteiger partial charge on any atom is -0.150 e. The molecule has 0 amide bonds. The van der Waals surface area contributed by atoms with Gasteiger partial charge in [0.25, 0.3) is 0 Å². The van der Waals surface area contributed by atoms with E-state index in [0.717, 1.165) is 5.19 Å². The Labute approximate surface area is 91.6 Å². The first-order valence-corrected chi connectivity index (χ1v) is 7.74. The summed E-state index contributed by atoms with van der Waals surface area (Å²) in [5.41, 5.74) is 6.23. The van der Waals surface area contributed by atoms with Crippen molar-refractivity contribution in [1.82, 2.24) is 0 Å². The van der Waals surface area contributed by atoms with Crippen LogP contribution in [0, 0.1) is 13.8 Å². The van der Waals surface area contributed by atoms with E-state index in [1.807, 2.05) is 11.4 Å². The Balaban J connectivity index is 3.25. The highest BCUT2D eigenvalue weighted by atomic mass is 35.6. The molecule has 0 bridgehead atoms. The van der Waals surface area contributed by atoms with Crippen molar-refractivity contribution < 1.29 is 0 Å². The fourth-order valence-corrected chi connectivity index (χ4v) is 3.07. The minimum absolute atomic E-state index is 1.16. The first-order chi connectivity index (χ1) is 6.53. The molecule has 0 saturated carbocycles. The van der Waals surface area contributed by atoms with Crippen molar-refractivity contribution in [3.05, 3.63) is 53.9 Å². The Morgan fingerprint density at radius 1 is 1.14 bits per heavy atom. The Morgan fingerprint density at radius 3 is 2.14 bits per heavy atom. The molecule has 0 nitrogen and oxygen atoms in total. The third-order valence-electron chi connectivity index (χ3n) is 2.54. The third kappa shape index (κ3) is 1.99. The number of halogens is 1. The van der Waals surface area contributed by atoms with Gasteiger partial charge in [-0.05, 0) is 30.2 Å². The van der Waals surface area contributed by atoms with Crippen molar-refractivity contribution in [3.8, 4) is 0 Å². The molecule has 74 valence electrons. The van der Waals surface area contributed by atoms with E-state index in [9.17, 15) is 0 Å². The van der Waals surface area contributed by atoms with E-state index in [1.165, 1.54) is 11.1 Å². The van der Waals surface area contributed by atoms with E-state index in [4.69, 9.17) is 11.1 Å². The quantitative estimate of drug-likeness (QED) is 0.545. The average molecular weight is 223 g/mol. The molecule has 2 heteroatoms. The predicted octanol–water partition coefficient (Wildman–Crippen LogP) is 3.15. The normalized spacial score (nSPS) is 11.1. The number of hydrogen-bond donors (Lipinski definition) is 0. The molecule has 1 aromatic rings. The van der Waals surface area contributed by atoms with Crippen molar-refractivity contribution in [2.24, 2.45) is 0 Å². The Kier molecular flexibility index (Phi) is 3.35. The van der Waals surface area contributed by atoms with Crippen LogP contribution in [0.15, 0.2) is 42.8 Å². The second kappa shape index (κ2) is 4.16. The van der Waals surface area contributed by atoms with Crippen LogP contribution in [0.1, 0.15) is 11.1 Å². The van der Waals surface area contributed by atoms with Gasteiger partial charge in [-0.25, -0.2) is 0 Å². The van der Waals surface area contributed by atoms with E-state index >= 15 is 0 Å². The van der Waals surface area contributed by atoms with Gasteiger partial charge >= 0.3 is 0 Å². The molecule has 0 radical (unpaired) electrons. The van der Waals surface area contributed by atoms with Crippen LogP contribution in [0.5, 0.6) is 0 Å². The molecule has 0 aliphatic carbocycles. The summed E-state index contributed by atoms with van der Waals surface area (Å²) in [5, 5.41) is 1.16. The maximum atomic E-state index is 6.46. The Hall–Kier alpha value is -0.793. The van der Waals surface area contributed by atoms with Crippen LogP contribution in [0.2, 0.25) is 0 Å². The zero-order valence-electron chi connectivity index (χ0n) is 8.68. The van der Waals surface area contributed by atoms with E-state index in [0.29, 0.717) is 0 Å². The van der Waals surface area contributed by atoms with Crippen LogP contribution in [-0.2, 0) is 0 Å². The van der Waals surface area contributed by atoms with Crippen LogP contribution in [0.4, 0.5) is 0 Å². The van der Waals surface area contributed by atoms with Crippen molar-refractivity contribution in [2.75, 3.05) is 0 Å². The SMILES string of the molecule is C=C[Si](Cl)(C=C)c1ccc(C)c(C)c1. The molecule has 0 spiro atoms. The third-order valence-corrected chi connectivity index (χ3v) is 6.51. The Bertz CT molecular complexity index is 361. The van der Waals surface area contributed by atoms with Crippen molar-refractivity contribution in [3.63, 3.8) is 0 Å². The van der Waals surface area contributed by atoms with E-state index in [-0.39, 0.29) is 0 Å². The summed E-state index contributed by atoms with van der Waals surface area (Å²) in [4.78, 5) is 0. The standard InChI is InChI=1S/C12H15ClSi/c1-5-14(13,6-2)12-8-7-10(3)11(4)9-12/h5-9H,1-2H2,3-4H3. The zero-order valence-corrected chi connectivity index (χ0v) is 10.4. The molecule has 0 fully saturated rings. The monoisotopic (exact) mass is 222 g/mol. The number of hydrogen-bond acceptors (Lipinski definition) is 0. The lowest BCUT2D eigenvalue weighted by atomic mass is 10.1. The summed E-state index contributed by atoms with van der Waals surface area (Å²) in [6, 6.07) is 6.31. The minimum atomic E-state index is -2.13. The van der Waals surface area contributed by atoms with Gasteiger partial charge < -0.3 is 0 Å². The summed E-state index contributed by atoms with van der Waals surface area (Å²) >= 11 is 6.46. The van der Waals surface area contributed by atoms with Crippen LogP contribution in [-0.4, -0.2) is 7.38 Å². The molecule has 0 aliphatic heterocycles. The predicted molar refractivity (Wildman–Crippen MR) is 67.6 cm³/mol. The van der Waals surface area contributed by atoms with Gasteiger partial charge in [-0.3, -0.25) is 0 Å². The summed E-state index contributed by atoms with van der Waals surface area (Å²) in [5.74, 6) is 0. The second-order valence-electron chi connectivity index (χ2n) is 3.48. The summed E-state index contributed by atoms with van der Waals surface area (Å²) in [7, 11) is -2.13. The van der Waals surface area contributed by atoms with Crippen LogP contribution < -0.4 is 5.19 Å². The number of aryl methyl sites for hydroxylation is 2. The van der Waals surface area contributed by atoms with Gasteiger partial charge in [-0.2, -0.15) is 0 Å². The lowest BCUT2D eigenvalue weighted by Crippen LogP contribution is -2.38. The van der Waals surface area contributed by atoms with Gasteiger partial charge in [-0.15, -0.1) is 24.2 Å². The number of rotatable bonds is 3. The van der Waals surface area contributed by atoms with Crippen molar-refractivity contribution >= 4 is 23.6 Å². The molecule has 0 atom stereocenters. The molecule has 1 aromatic carbocycles. The fraction of sp³-hybridized carbons (Fsp3) is 0.167. The van der Waals surface area contributed by atoms with Crippen LogP contribution >= 0.6 is 11.1 Å². The first kappa shape index (κ1) is 11.3. The maximum absolute atomic E-state index is 6.46. The molecule has 0 aromatic heterocycles. The van der Waals surface area contributed by atoms with Gasteiger partial charge in [0, 0.05) is 0 Å². The van der Waals surface area contributed by atoms with Crippen LogP contribution in [0.3, 0.4) is 0 Å². The molecular weight excluding hydrogens is 208 g/mol. The van der Waals surface area contributed by atoms with E-state index in [2.05, 4.69) is 45.2 Å². The van der Waals surface area contributed by atoms with Gasteiger partial charge in [0.15, 0.2) is 0 Å². The lowest BCUT2D eigenvalue weighted by Gasteiger charge is -2.17. The molecule has 0 heterocycles.